The molecule has 0 aliphatic rings. The predicted molar refractivity (Wildman–Crippen MR) is 54.2 cm³/mol. The van der Waals surface area contributed by atoms with Crippen molar-refractivity contribution in [3.8, 4) is 0 Å². The Morgan fingerprint density at radius 3 is 2.46 bits per heavy atom. The summed E-state index contributed by atoms with van der Waals surface area (Å²) >= 11 is 0. The quantitative estimate of drug-likeness (QED) is 0.689. The Labute approximate surface area is 78.7 Å². The second-order valence-electron chi connectivity index (χ2n) is 2.95. The molecule has 2 atom stereocenters. The van der Waals surface area contributed by atoms with E-state index in [0.717, 1.165) is 5.56 Å². The molecule has 70 valence electrons. The second-order valence-corrected chi connectivity index (χ2v) is 2.95. The largest absolute Gasteiger partial charge is 0.387 e. The number of nitrogens with two attached hydrogens (primary N) is 1. The molecule has 0 fully saturated rings. The van der Waals surface area contributed by atoms with Gasteiger partial charge in [0.25, 0.3) is 0 Å². The van der Waals surface area contributed by atoms with Gasteiger partial charge in [0.2, 0.25) is 0 Å². The minimum Gasteiger partial charge on any atom is -0.387 e. The molecule has 0 bridgehead atoms. The third kappa shape index (κ3) is 2.68. The summed E-state index contributed by atoms with van der Waals surface area (Å²) in [5.41, 5.74) is 6.78. The number of hydrogen-bond acceptors (Lipinski definition) is 2. The van der Waals surface area contributed by atoms with Gasteiger partial charge >= 0.3 is 0 Å². The summed E-state index contributed by atoms with van der Waals surface area (Å²) in [6.07, 6.45) is 2.89. The molecule has 1 aromatic rings. The topological polar surface area (TPSA) is 46.2 Å². The zero-order chi connectivity index (χ0) is 9.68. The summed E-state index contributed by atoms with van der Waals surface area (Å²) in [4.78, 5) is 0. The zero-order valence-electron chi connectivity index (χ0n) is 7.72. The molecule has 0 unspecified atom stereocenters. The van der Waals surface area contributed by atoms with Gasteiger partial charge in [-0.05, 0) is 12.5 Å². The summed E-state index contributed by atoms with van der Waals surface area (Å²) in [7, 11) is 0. The van der Waals surface area contributed by atoms with E-state index in [-0.39, 0.29) is 6.04 Å². The minimum atomic E-state index is -0.604. The fourth-order valence-corrected chi connectivity index (χ4v) is 1.19. The second kappa shape index (κ2) is 4.80. The van der Waals surface area contributed by atoms with Crippen LogP contribution in [0.5, 0.6) is 0 Å². The number of benzene rings is 1. The van der Waals surface area contributed by atoms with Gasteiger partial charge in [0, 0.05) is 0 Å². The molecule has 1 aromatic carbocycles. The van der Waals surface area contributed by atoms with Crippen molar-refractivity contribution in [2.45, 2.75) is 19.1 Å². The predicted octanol–water partition coefficient (Wildman–Crippen LogP) is 1.62. The van der Waals surface area contributed by atoms with Crippen LogP contribution in [0.1, 0.15) is 18.5 Å². The highest BCUT2D eigenvalue weighted by molar-refractivity contribution is 5.20. The Morgan fingerprint density at radius 2 is 1.92 bits per heavy atom. The molecule has 2 nitrogen and oxygen atoms in total. The molecule has 0 saturated carbocycles. The van der Waals surface area contributed by atoms with Crippen LogP contribution in [-0.2, 0) is 0 Å². The third-order valence-corrected chi connectivity index (χ3v) is 1.94. The van der Waals surface area contributed by atoms with Gasteiger partial charge in [-0.1, -0.05) is 42.5 Å². The van der Waals surface area contributed by atoms with Crippen LogP contribution in [0.2, 0.25) is 0 Å². The van der Waals surface area contributed by atoms with E-state index < -0.39 is 6.10 Å². The maximum absolute atomic E-state index is 9.56. The summed E-state index contributed by atoms with van der Waals surface area (Å²) in [5.74, 6) is 0. The van der Waals surface area contributed by atoms with E-state index in [9.17, 15) is 5.11 Å². The van der Waals surface area contributed by atoms with Crippen LogP contribution >= 0.6 is 0 Å². The molecule has 0 radical (unpaired) electrons. The van der Waals surface area contributed by atoms with Crippen molar-refractivity contribution < 1.29 is 5.11 Å². The molecule has 2 heteroatoms. The standard InChI is InChI=1S/C11H15NO/c1-2-6-10(13)11(12)9-7-4-3-5-8-9/h2-8,10-11,13H,12H2,1H3/b6-2+/t10-,11+/m0/s1. The Bertz CT molecular complexity index is 269. The average Bonchev–Trinajstić information content (AvgIpc) is 2.18. The minimum absolute atomic E-state index is 0.336. The van der Waals surface area contributed by atoms with Crippen LogP contribution in [0, 0.1) is 0 Å². The number of rotatable bonds is 3. The maximum Gasteiger partial charge on any atom is 0.0913 e. The Kier molecular flexibility index (Phi) is 3.68. The maximum atomic E-state index is 9.56. The zero-order valence-corrected chi connectivity index (χ0v) is 7.72. The summed E-state index contributed by atoms with van der Waals surface area (Å²) in [5, 5.41) is 9.56. The molecule has 0 aromatic heterocycles. The number of aliphatic hydroxyl groups excluding tert-OH is 1. The number of allylic oxidation sites excluding steroid dienone is 1. The van der Waals surface area contributed by atoms with Crippen molar-refractivity contribution in [2.24, 2.45) is 5.73 Å². The fourth-order valence-electron chi connectivity index (χ4n) is 1.19. The average molecular weight is 177 g/mol. The molecule has 0 spiro atoms. The van der Waals surface area contributed by atoms with Crippen LogP contribution in [0.3, 0.4) is 0 Å². The first-order valence-electron chi connectivity index (χ1n) is 4.37. The molecule has 3 N–H and O–H groups in total. The van der Waals surface area contributed by atoms with E-state index in [1.54, 1.807) is 12.2 Å². The fraction of sp³-hybridized carbons (Fsp3) is 0.273. The van der Waals surface area contributed by atoms with Crippen LogP contribution in [-0.4, -0.2) is 11.2 Å². The van der Waals surface area contributed by atoms with E-state index in [4.69, 9.17) is 5.73 Å². The Hall–Kier alpha value is -1.12. The summed E-state index contributed by atoms with van der Waals surface area (Å²) in [6, 6.07) is 9.25. The molecule has 0 amide bonds. The van der Waals surface area contributed by atoms with Gasteiger partial charge < -0.3 is 10.8 Å². The first-order chi connectivity index (χ1) is 6.25. The molecule has 1 rings (SSSR count). The molecular formula is C11H15NO. The normalized spacial score (nSPS) is 15.9. The molecule has 0 aliphatic carbocycles. The molecule has 0 aliphatic heterocycles. The van der Waals surface area contributed by atoms with E-state index >= 15 is 0 Å². The lowest BCUT2D eigenvalue weighted by molar-refractivity contribution is 0.192. The van der Waals surface area contributed by atoms with Crippen LogP contribution < -0.4 is 5.73 Å². The summed E-state index contributed by atoms with van der Waals surface area (Å²) < 4.78 is 0. The Morgan fingerprint density at radius 1 is 1.31 bits per heavy atom. The molecular weight excluding hydrogens is 162 g/mol. The highest BCUT2D eigenvalue weighted by Gasteiger charge is 2.12. The van der Waals surface area contributed by atoms with Crippen LogP contribution in [0.25, 0.3) is 0 Å². The SMILES string of the molecule is C/C=C/[C@H](O)[C@H](N)c1ccccc1. The van der Waals surface area contributed by atoms with Gasteiger partial charge in [0.1, 0.15) is 0 Å². The van der Waals surface area contributed by atoms with Gasteiger partial charge in [0.05, 0.1) is 12.1 Å². The monoisotopic (exact) mass is 177 g/mol. The lowest BCUT2D eigenvalue weighted by Gasteiger charge is -2.15. The van der Waals surface area contributed by atoms with Crippen molar-refractivity contribution >= 4 is 0 Å². The van der Waals surface area contributed by atoms with E-state index in [1.165, 1.54) is 0 Å². The lowest BCUT2D eigenvalue weighted by Crippen LogP contribution is -2.24. The van der Waals surface area contributed by atoms with Crippen molar-refractivity contribution in [3.63, 3.8) is 0 Å². The molecule has 13 heavy (non-hydrogen) atoms. The third-order valence-electron chi connectivity index (χ3n) is 1.94. The van der Waals surface area contributed by atoms with Crippen molar-refractivity contribution in [3.05, 3.63) is 48.0 Å². The molecule has 0 heterocycles. The first kappa shape index (κ1) is 9.96. The van der Waals surface area contributed by atoms with Gasteiger partial charge in [-0.15, -0.1) is 0 Å². The van der Waals surface area contributed by atoms with Crippen molar-refractivity contribution in [2.75, 3.05) is 0 Å². The molecule has 0 saturated heterocycles. The lowest BCUT2D eigenvalue weighted by atomic mass is 10.0. The van der Waals surface area contributed by atoms with E-state index in [0.29, 0.717) is 0 Å². The van der Waals surface area contributed by atoms with Gasteiger partial charge in [-0.25, -0.2) is 0 Å². The highest BCUT2D eigenvalue weighted by atomic mass is 16.3. The van der Waals surface area contributed by atoms with E-state index in [2.05, 4.69) is 0 Å². The first-order valence-corrected chi connectivity index (χ1v) is 4.37. The smallest absolute Gasteiger partial charge is 0.0913 e. The van der Waals surface area contributed by atoms with Gasteiger partial charge in [-0.3, -0.25) is 0 Å². The Balaban J connectivity index is 2.73. The van der Waals surface area contributed by atoms with Crippen LogP contribution in [0.15, 0.2) is 42.5 Å². The van der Waals surface area contributed by atoms with Gasteiger partial charge in [-0.2, -0.15) is 0 Å². The highest BCUT2D eigenvalue weighted by Crippen LogP contribution is 2.14. The van der Waals surface area contributed by atoms with Crippen LogP contribution in [0.4, 0.5) is 0 Å². The number of hydrogen-bond donors (Lipinski definition) is 2. The van der Waals surface area contributed by atoms with Gasteiger partial charge in [0.15, 0.2) is 0 Å². The van der Waals surface area contributed by atoms with E-state index in [1.807, 2.05) is 37.3 Å². The van der Waals surface area contributed by atoms with Crippen molar-refractivity contribution in [1.29, 1.82) is 0 Å². The van der Waals surface area contributed by atoms with Crippen molar-refractivity contribution in [1.82, 2.24) is 0 Å². The summed E-state index contributed by atoms with van der Waals surface area (Å²) in [6.45, 7) is 1.86. The number of aliphatic hydroxyl groups is 1.